The first-order chi connectivity index (χ1) is 32.1. The van der Waals surface area contributed by atoms with Crippen LogP contribution in [-0.4, -0.2) is 37.8 Å². The number of pyridine rings is 3. The van der Waals surface area contributed by atoms with Gasteiger partial charge >= 0.3 is 119 Å². The second-order valence-electron chi connectivity index (χ2n) is 18.0. The predicted molar refractivity (Wildman–Crippen MR) is 275 cm³/mol. The predicted octanol–water partition coefficient (Wildman–Crippen LogP) is 14.7. The van der Waals surface area contributed by atoms with Crippen LogP contribution < -0.4 is 4.40 Å². The van der Waals surface area contributed by atoms with Crippen LogP contribution in [0.2, 0.25) is 17.3 Å². The molecule has 11 aromatic rings. The molecule has 0 saturated carbocycles. The molecule has 0 atom stereocenters. The van der Waals surface area contributed by atoms with Crippen molar-refractivity contribution in [2.24, 2.45) is 0 Å². The van der Waals surface area contributed by atoms with E-state index < -0.39 is 13.3 Å². The Morgan fingerprint density at radius 2 is 1.30 bits per heavy atom. The molecule has 0 aliphatic heterocycles. The summed E-state index contributed by atoms with van der Waals surface area (Å²) < 4.78 is 9.97. The maximum Gasteiger partial charge on any atom is 0.141 e. The monoisotopic (exact) mass is 1110 g/mol. The number of imidazole rings is 1. The molecular formula is C59H49GeIrN5O-2. The van der Waals surface area contributed by atoms with Gasteiger partial charge in [0.15, 0.2) is 0 Å². The van der Waals surface area contributed by atoms with Crippen LogP contribution in [0.1, 0.15) is 31.0 Å². The third-order valence-electron chi connectivity index (χ3n) is 12.2. The summed E-state index contributed by atoms with van der Waals surface area (Å²) in [6.45, 7) is 6.44. The number of hydrogen-bond acceptors (Lipinski definition) is 5. The van der Waals surface area contributed by atoms with Crippen molar-refractivity contribution in [3.63, 3.8) is 0 Å². The number of aromatic nitrogens is 5. The van der Waals surface area contributed by atoms with Crippen molar-refractivity contribution in [3.8, 4) is 61.7 Å². The number of benzene rings is 6. The van der Waals surface area contributed by atoms with Gasteiger partial charge in [-0.05, 0) is 52.9 Å². The molecule has 0 N–H and O–H groups in total. The minimum absolute atomic E-state index is 0. The van der Waals surface area contributed by atoms with Gasteiger partial charge in [0.1, 0.15) is 11.3 Å². The van der Waals surface area contributed by atoms with Crippen molar-refractivity contribution < 1.29 is 24.5 Å². The van der Waals surface area contributed by atoms with Crippen molar-refractivity contribution in [3.05, 3.63) is 206 Å². The average Bonchev–Trinajstić information content (AvgIpc) is 3.93. The van der Waals surface area contributed by atoms with Crippen LogP contribution >= 0.6 is 0 Å². The summed E-state index contributed by atoms with van der Waals surface area (Å²) in [5.41, 5.74) is 15.9. The minimum atomic E-state index is -1.74. The zero-order chi connectivity index (χ0) is 45.4. The molecule has 0 spiro atoms. The van der Waals surface area contributed by atoms with Crippen LogP contribution in [-0.2, 0) is 20.1 Å². The van der Waals surface area contributed by atoms with E-state index in [9.17, 15) is 0 Å². The van der Waals surface area contributed by atoms with Crippen LogP contribution in [0, 0.1) is 19.2 Å². The van der Waals surface area contributed by atoms with Crippen LogP contribution in [0.3, 0.4) is 0 Å². The van der Waals surface area contributed by atoms with Crippen molar-refractivity contribution in [2.45, 2.75) is 44.0 Å². The largest absolute Gasteiger partial charge is 0.483 e. The summed E-state index contributed by atoms with van der Waals surface area (Å²) in [5, 5.41) is 1.92. The first kappa shape index (κ1) is 45.4. The molecule has 6 nitrogen and oxygen atoms in total. The van der Waals surface area contributed by atoms with Gasteiger partial charge in [0.25, 0.3) is 0 Å². The van der Waals surface area contributed by atoms with Gasteiger partial charge in [-0.2, -0.15) is 0 Å². The van der Waals surface area contributed by atoms with E-state index in [1.54, 1.807) is 0 Å². The Morgan fingerprint density at radius 3 is 1.90 bits per heavy atom. The van der Waals surface area contributed by atoms with Crippen molar-refractivity contribution >= 4 is 50.8 Å². The molecule has 0 amide bonds. The molecule has 0 fully saturated rings. The van der Waals surface area contributed by atoms with Gasteiger partial charge in [-0.15, -0.1) is 6.07 Å². The molecule has 331 valence electrons. The van der Waals surface area contributed by atoms with E-state index >= 15 is 0 Å². The molecule has 0 aliphatic carbocycles. The summed E-state index contributed by atoms with van der Waals surface area (Å²) in [7, 11) is 0. The molecule has 5 heterocycles. The zero-order valence-corrected chi connectivity index (χ0v) is 42.9. The van der Waals surface area contributed by atoms with Gasteiger partial charge < -0.3 is 14.0 Å². The summed E-state index contributed by atoms with van der Waals surface area (Å²) in [4.78, 5) is 19.3. The number of aryl methyl sites for hydroxylation is 1. The average molecular weight is 1110 g/mol. The SMILES string of the molecule is CC(C)c1c[c-]c(-c2cc[c]([Ge]([CH3])([CH3])[CH3])cn2)cc1.Cc1nccc2nc(-c3[c-]nc4oc5cc(-c6ccccc6)ccc5c4c3)n(-c3c(-c4ccccc4)cccc3-c3ccccc3)c12.[Ir]. The van der Waals surface area contributed by atoms with E-state index in [2.05, 4.69) is 193 Å². The molecule has 0 saturated heterocycles. The normalized spacial score (nSPS) is 11.4. The quantitative estimate of drug-likeness (QED) is 0.112. The van der Waals surface area contributed by atoms with Gasteiger partial charge in [-0.25, -0.2) is 0 Å². The van der Waals surface area contributed by atoms with Crippen LogP contribution in [0.15, 0.2) is 187 Å². The molecule has 0 aliphatic rings. The first-order valence-electron chi connectivity index (χ1n) is 22.5. The van der Waals surface area contributed by atoms with Crippen molar-refractivity contribution in [1.29, 1.82) is 0 Å². The van der Waals surface area contributed by atoms with Gasteiger partial charge in [0.2, 0.25) is 0 Å². The molecule has 67 heavy (non-hydrogen) atoms. The Balaban J connectivity index is 0.000000237. The maximum atomic E-state index is 6.27. The minimum Gasteiger partial charge on any atom is -0.483 e. The standard InChI is InChI=1S/C42H27N4O.C17H22GeN.Ir/c1-27-39-37(22-23-43-27)45-41(32-24-36-35-21-20-31(28-12-5-2-6-13-28)25-38(35)47-42(36)44-26-32)46(39)40-33(29-14-7-3-8-15-29)18-11-19-34(40)30-16-9-4-10-17-30;1-13(2)14-6-8-15(9-7-14)17-11-10-16(12-19-17)18(3,4)5;/h2-25H,1H3;6-8,10-13H,1-5H3;/q2*-1;. The second-order valence-corrected chi connectivity index (χ2v) is 28.7. The number of fused-ring (bicyclic) bond motifs is 4. The molecule has 11 rings (SSSR count). The van der Waals surface area contributed by atoms with Crippen LogP contribution in [0.4, 0.5) is 0 Å². The smallest absolute Gasteiger partial charge is 0.141 e. The second kappa shape index (κ2) is 19.2. The molecule has 0 unspecified atom stereocenters. The Bertz CT molecular complexity index is 3410. The van der Waals surface area contributed by atoms with E-state index in [0.717, 1.165) is 94.8 Å². The van der Waals surface area contributed by atoms with Gasteiger partial charge in [0, 0.05) is 42.8 Å². The fraction of sp³-hybridized carbons (Fsp3) is 0.119. The first-order valence-corrected chi connectivity index (χ1v) is 29.8. The molecule has 0 bridgehead atoms. The van der Waals surface area contributed by atoms with E-state index in [1.165, 1.54) is 9.96 Å². The number of furan rings is 1. The van der Waals surface area contributed by atoms with E-state index in [0.29, 0.717) is 11.6 Å². The summed E-state index contributed by atoms with van der Waals surface area (Å²) in [6, 6.07) is 62.3. The molecule has 1 radical (unpaired) electrons. The molecule has 5 aromatic heterocycles. The summed E-state index contributed by atoms with van der Waals surface area (Å²) in [6.07, 6.45) is 7.17. The number of hydrogen-bond donors (Lipinski definition) is 0. The van der Waals surface area contributed by atoms with Crippen LogP contribution in [0.5, 0.6) is 0 Å². The number of nitrogens with zero attached hydrogens (tertiary/aromatic N) is 5. The fourth-order valence-electron chi connectivity index (χ4n) is 8.56. The Labute approximate surface area is 408 Å². The topological polar surface area (TPSA) is 69.6 Å². The van der Waals surface area contributed by atoms with E-state index in [1.807, 2.05) is 49.5 Å². The Kier molecular flexibility index (Phi) is 13.0. The molecular weight excluding hydrogens is 1060 g/mol. The van der Waals surface area contributed by atoms with Crippen molar-refractivity contribution in [2.75, 3.05) is 0 Å². The summed E-state index contributed by atoms with van der Waals surface area (Å²) in [5.74, 6) is 8.46. The Hall–Kier alpha value is -6.77. The van der Waals surface area contributed by atoms with Gasteiger partial charge in [-0.1, -0.05) is 127 Å². The number of rotatable bonds is 8. The zero-order valence-electron chi connectivity index (χ0n) is 38.4. The number of para-hydroxylation sites is 1. The third-order valence-corrected chi connectivity index (χ3v) is 16.5. The molecule has 6 aromatic carbocycles. The van der Waals surface area contributed by atoms with E-state index in [-0.39, 0.29) is 20.1 Å². The summed E-state index contributed by atoms with van der Waals surface area (Å²) >= 11 is -1.74. The van der Waals surface area contributed by atoms with E-state index in [4.69, 9.17) is 19.4 Å². The Morgan fingerprint density at radius 1 is 0.627 bits per heavy atom. The fourth-order valence-corrected chi connectivity index (χ4v) is 10.7. The molecule has 8 heteroatoms. The van der Waals surface area contributed by atoms with Crippen molar-refractivity contribution in [1.82, 2.24) is 24.5 Å². The maximum absolute atomic E-state index is 6.27. The third kappa shape index (κ3) is 9.20. The van der Waals surface area contributed by atoms with Crippen LogP contribution in [0.25, 0.3) is 94.8 Å². The van der Waals surface area contributed by atoms with Gasteiger partial charge in [-0.3, -0.25) is 9.97 Å². The van der Waals surface area contributed by atoms with Gasteiger partial charge in [0.05, 0.1) is 28.2 Å².